The quantitative estimate of drug-likeness (QED) is 0.602. The van der Waals surface area contributed by atoms with Crippen LogP contribution in [-0.2, 0) is 4.79 Å². The van der Waals surface area contributed by atoms with Crippen LogP contribution in [0.1, 0.15) is 17.5 Å². The van der Waals surface area contributed by atoms with Crippen molar-refractivity contribution in [1.29, 1.82) is 0 Å². The van der Waals surface area contributed by atoms with Crippen LogP contribution in [0, 0.1) is 0 Å². The molecule has 4 rings (SSSR count). The molecule has 3 aromatic rings. The largest absolute Gasteiger partial charge is 0.504 e. The van der Waals surface area contributed by atoms with Crippen molar-refractivity contribution in [1.82, 2.24) is 0 Å². The number of para-hydroxylation sites is 2. The molecule has 0 saturated carbocycles. The van der Waals surface area contributed by atoms with E-state index in [1.807, 2.05) is 60.7 Å². The van der Waals surface area contributed by atoms with E-state index in [9.17, 15) is 9.90 Å². The van der Waals surface area contributed by atoms with Crippen LogP contribution in [0.2, 0.25) is 0 Å². The number of carbonyl (C=O) groups is 1. The Kier molecular flexibility index (Phi) is 5.20. The Morgan fingerprint density at radius 1 is 0.966 bits per heavy atom. The molecule has 29 heavy (non-hydrogen) atoms. The number of fused-ring (bicyclic) bond motifs is 2. The van der Waals surface area contributed by atoms with E-state index in [0.29, 0.717) is 18.7 Å². The van der Waals surface area contributed by atoms with Crippen LogP contribution in [0.15, 0.2) is 66.7 Å². The van der Waals surface area contributed by atoms with Gasteiger partial charge in [-0.1, -0.05) is 48.6 Å². The number of nitrogens with one attached hydrogen (secondary N) is 1. The number of anilines is 3. The first-order valence-electron chi connectivity index (χ1n) is 9.47. The molecule has 1 amide bonds. The highest BCUT2D eigenvalue weighted by molar-refractivity contribution is 6.06. The number of hydrogen-bond donors (Lipinski definition) is 2. The highest BCUT2D eigenvalue weighted by Gasteiger charge is 2.23. The summed E-state index contributed by atoms with van der Waals surface area (Å²) >= 11 is 0. The molecule has 3 aromatic carbocycles. The van der Waals surface area contributed by atoms with Crippen LogP contribution in [0.3, 0.4) is 0 Å². The summed E-state index contributed by atoms with van der Waals surface area (Å²) in [7, 11) is 1.50. The molecular weight excluding hydrogens is 364 g/mol. The monoisotopic (exact) mass is 386 g/mol. The maximum absolute atomic E-state index is 13.2. The lowest BCUT2D eigenvalue weighted by Gasteiger charge is -2.25. The minimum atomic E-state index is 0.00634. The Morgan fingerprint density at radius 2 is 1.59 bits per heavy atom. The van der Waals surface area contributed by atoms with Crippen molar-refractivity contribution in [2.45, 2.75) is 6.42 Å². The number of phenols is 1. The highest BCUT2D eigenvalue weighted by Crippen LogP contribution is 2.36. The molecule has 0 atom stereocenters. The Labute approximate surface area is 169 Å². The van der Waals surface area contributed by atoms with Crippen LogP contribution in [0.4, 0.5) is 17.1 Å². The molecule has 0 saturated heterocycles. The maximum atomic E-state index is 13.2. The van der Waals surface area contributed by atoms with E-state index in [4.69, 9.17) is 4.74 Å². The van der Waals surface area contributed by atoms with Gasteiger partial charge in [0.15, 0.2) is 11.5 Å². The molecule has 5 heteroatoms. The van der Waals surface area contributed by atoms with Crippen LogP contribution in [-0.4, -0.2) is 24.7 Å². The molecule has 1 aliphatic heterocycles. The lowest BCUT2D eigenvalue weighted by atomic mass is 10.1. The first-order chi connectivity index (χ1) is 14.2. The van der Waals surface area contributed by atoms with Gasteiger partial charge in [0.1, 0.15) is 0 Å². The summed E-state index contributed by atoms with van der Waals surface area (Å²) < 4.78 is 5.13. The summed E-state index contributed by atoms with van der Waals surface area (Å²) in [6.07, 6.45) is 4.40. The van der Waals surface area contributed by atoms with Gasteiger partial charge < -0.3 is 15.2 Å². The summed E-state index contributed by atoms with van der Waals surface area (Å²) in [6, 6.07) is 20.8. The van der Waals surface area contributed by atoms with Crippen molar-refractivity contribution < 1.29 is 14.6 Å². The van der Waals surface area contributed by atoms with Gasteiger partial charge in [0.2, 0.25) is 5.91 Å². The number of carbonyl (C=O) groups excluding carboxylic acids is 1. The molecule has 0 aromatic heterocycles. The third kappa shape index (κ3) is 3.80. The molecule has 2 N–H and O–H groups in total. The second kappa shape index (κ2) is 8.10. The van der Waals surface area contributed by atoms with Gasteiger partial charge in [0, 0.05) is 24.7 Å². The van der Waals surface area contributed by atoms with Gasteiger partial charge in [-0.3, -0.25) is 9.69 Å². The van der Waals surface area contributed by atoms with Crippen LogP contribution in [0.5, 0.6) is 11.5 Å². The number of phenolic OH excluding ortho intramolecular Hbond substituents is 1. The third-order valence-electron chi connectivity index (χ3n) is 4.89. The number of hydrogen-bond acceptors (Lipinski definition) is 4. The average Bonchev–Trinajstić information content (AvgIpc) is 2.92. The molecule has 0 aliphatic carbocycles. The maximum Gasteiger partial charge on any atom is 0.233 e. The first kappa shape index (κ1) is 18.6. The van der Waals surface area contributed by atoms with Crippen molar-refractivity contribution in [2.24, 2.45) is 0 Å². The Hall–Kier alpha value is -3.73. The molecule has 146 valence electrons. The zero-order chi connectivity index (χ0) is 20.2. The molecule has 0 unspecified atom stereocenters. The highest BCUT2D eigenvalue weighted by atomic mass is 16.5. The first-order valence-corrected chi connectivity index (χ1v) is 9.47. The van der Waals surface area contributed by atoms with Crippen LogP contribution >= 0.6 is 0 Å². The van der Waals surface area contributed by atoms with E-state index in [1.165, 1.54) is 7.11 Å². The summed E-state index contributed by atoms with van der Waals surface area (Å²) in [6.45, 7) is 0.459. The zero-order valence-corrected chi connectivity index (χ0v) is 16.1. The van der Waals surface area contributed by atoms with Crippen LogP contribution in [0.25, 0.3) is 12.2 Å². The predicted octanol–water partition coefficient (Wildman–Crippen LogP) is 5.05. The van der Waals surface area contributed by atoms with Gasteiger partial charge in [0.05, 0.1) is 18.5 Å². The number of rotatable bonds is 5. The number of benzene rings is 3. The number of amides is 1. The topological polar surface area (TPSA) is 61.8 Å². The second-order valence-electron chi connectivity index (χ2n) is 6.74. The van der Waals surface area contributed by atoms with Gasteiger partial charge in [-0.2, -0.15) is 0 Å². The zero-order valence-electron chi connectivity index (χ0n) is 16.1. The van der Waals surface area contributed by atoms with E-state index < -0.39 is 0 Å². The van der Waals surface area contributed by atoms with Gasteiger partial charge in [0.25, 0.3) is 0 Å². The third-order valence-corrected chi connectivity index (χ3v) is 4.89. The predicted molar refractivity (Wildman–Crippen MR) is 117 cm³/mol. The lowest BCUT2D eigenvalue weighted by Crippen LogP contribution is -2.28. The van der Waals surface area contributed by atoms with E-state index in [-0.39, 0.29) is 11.7 Å². The number of methoxy groups -OCH3 is 1. The van der Waals surface area contributed by atoms with Gasteiger partial charge >= 0.3 is 0 Å². The Morgan fingerprint density at radius 3 is 2.21 bits per heavy atom. The van der Waals surface area contributed by atoms with E-state index in [2.05, 4.69) is 5.32 Å². The van der Waals surface area contributed by atoms with Gasteiger partial charge in [-0.15, -0.1) is 0 Å². The minimum absolute atomic E-state index is 0.00634. The fraction of sp³-hybridized carbons (Fsp3) is 0.125. The smallest absolute Gasteiger partial charge is 0.233 e. The van der Waals surface area contributed by atoms with Gasteiger partial charge in [-0.25, -0.2) is 0 Å². The number of ether oxygens (including phenoxy) is 1. The van der Waals surface area contributed by atoms with Crippen molar-refractivity contribution in [2.75, 3.05) is 23.9 Å². The van der Waals surface area contributed by atoms with Crippen LogP contribution < -0.4 is 15.0 Å². The Balaban J connectivity index is 1.55. The fourth-order valence-corrected chi connectivity index (χ4v) is 3.46. The van der Waals surface area contributed by atoms with Crippen molar-refractivity contribution in [3.05, 3.63) is 77.9 Å². The molecule has 0 fully saturated rings. The molecule has 0 bridgehead atoms. The standard InChI is InChI=1S/C24H22N2O3/c1-29-23-16-19(12-13-22(23)27)25-15-14-24(28)26-20-8-4-2-6-17(20)10-11-18-7-3-5-9-21(18)26/h2-13,16,25,27H,14-15H2,1H3. The number of nitrogens with zero attached hydrogens (tertiary/aromatic N) is 1. The van der Waals surface area contributed by atoms with Gasteiger partial charge in [-0.05, 0) is 35.4 Å². The molecule has 0 spiro atoms. The normalized spacial score (nSPS) is 12.0. The molecule has 5 nitrogen and oxygen atoms in total. The minimum Gasteiger partial charge on any atom is -0.504 e. The van der Waals surface area contributed by atoms with Crippen molar-refractivity contribution in [3.8, 4) is 11.5 Å². The lowest BCUT2D eigenvalue weighted by molar-refractivity contribution is -0.117. The summed E-state index contributed by atoms with van der Waals surface area (Å²) in [5, 5.41) is 12.9. The van der Waals surface area contributed by atoms with E-state index in [0.717, 1.165) is 28.2 Å². The molecular formula is C24H22N2O3. The summed E-state index contributed by atoms with van der Waals surface area (Å²) in [5.41, 5.74) is 4.56. The molecule has 1 aliphatic rings. The Bertz CT molecular complexity index is 1030. The van der Waals surface area contributed by atoms with Crippen molar-refractivity contribution in [3.63, 3.8) is 0 Å². The number of aromatic hydroxyl groups is 1. The summed E-state index contributed by atoms with van der Waals surface area (Å²) in [5.74, 6) is 0.481. The molecule has 1 heterocycles. The SMILES string of the molecule is COc1cc(NCCC(=O)N2c3ccccc3C=Cc3ccccc32)ccc1O. The van der Waals surface area contributed by atoms with E-state index >= 15 is 0 Å². The van der Waals surface area contributed by atoms with Crippen molar-refractivity contribution >= 4 is 35.1 Å². The summed E-state index contributed by atoms with van der Waals surface area (Å²) in [4.78, 5) is 15.0. The average molecular weight is 386 g/mol. The molecule has 0 radical (unpaired) electrons. The fourth-order valence-electron chi connectivity index (χ4n) is 3.46. The second-order valence-corrected chi connectivity index (χ2v) is 6.74. The van der Waals surface area contributed by atoms with E-state index in [1.54, 1.807) is 23.1 Å².